The highest BCUT2D eigenvalue weighted by molar-refractivity contribution is 6.36. The lowest BCUT2D eigenvalue weighted by atomic mass is 10.0. The molecule has 7 nitrogen and oxygen atoms in total. The van der Waals surface area contributed by atoms with Crippen LogP contribution in [0.25, 0.3) is 16.9 Å². The predicted molar refractivity (Wildman–Crippen MR) is 103 cm³/mol. The molecule has 0 aliphatic carbocycles. The summed E-state index contributed by atoms with van der Waals surface area (Å²) in [5.74, 6) is 1.06. The fraction of sp³-hybridized carbons (Fsp3) is 0.111. The lowest BCUT2D eigenvalue weighted by Gasteiger charge is -2.10. The molecule has 2 radical (unpaired) electrons. The average molecular weight is 341 g/mol. The van der Waals surface area contributed by atoms with Crippen LogP contribution in [0.4, 0.5) is 11.9 Å². The van der Waals surface area contributed by atoms with Gasteiger partial charge in [-0.3, -0.25) is 4.98 Å². The van der Waals surface area contributed by atoms with Crippen LogP contribution in [0.5, 0.6) is 0 Å². The summed E-state index contributed by atoms with van der Waals surface area (Å²) in [7, 11) is 7.68. The van der Waals surface area contributed by atoms with E-state index in [0.29, 0.717) is 29.6 Å². The first-order valence-corrected chi connectivity index (χ1v) is 8.18. The first kappa shape index (κ1) is 16.1. The molecule has 0 aliphatic heterocycles. The van der Waals surface area contributed by atoms with Crippen LogP contribution < -0.4 is 16.1 Å². The molecular weight excluding hydrogens is 325 g/mol. The Morgan fingerprint density at radius 3 is 2.65 bits per heavy atom. The topological polar surface area (TPSA) is 80.0 Å². The second kappa shape index (κ2) is 6.83. The van der Waals surface area contributed by atoms with Gasteiger partial charge < -0.3 is 10.6 Å². The number of hydrogen-bond donors (Lipinski definition) is 2. The van der Waals surface area contributed by atoms with Crippen LogP contribution >= 0.6 is 0 Å². The molecule has 0 aliphatic rings. The van der Waals surface area contributed by atoms with Crippen LogP contribution in [0.2, 0.25) is 0 Å². The summed E-state index contributed by atoms with van der Waals surface area (Å²) in [6, 6.07) is 14.1. The van der Waals surface area contributed by atoms with Crippen LogP contribution in [-0.2, 0) is 6.54 Å². The lowest BCUT2D eigenvalue weighted by molar-refractivity contribution is 0.883. The minimum Gasteiger partial charge on any atom is -0.357 e. The number of pyridine rings is 1. The molecule has 3 aromatic heterocycles. The van der Waals surface area contributed by atoms with E-state index >= 15 is 0 Å². The molecule has 0 atom stereocenters. The summed E-state index contributed by atoms with van der Waals surface area (Å²) in [6.45, 7) is 0.595. The molecule has 1 aromatic carbocycles. The van der Waals surface area contributed by atoms with Gasteiger partial charge in [-0.25, -0.2) is 0 Å². The standard InChI is InChI=1S/C18H16BN7/c1-20-17-24-16-14(19)11-23-26(16)18(25-17)22-10-12-5-7-13(8-6-12)15-4-2-3-9-21-15/h2-9,11H,10H2,1H3,(H2,20,22,24,25). The molecule has 126 valence electrons. The molecule has 0 fully saturated rings. The SMILES string of the molecule is [B]c1cnn2c(NCc3ccc(-c4ccccn4)cc3)nc(NC)nc12. The molecule has 0 saturated heterocycles. The summed E-state index contributed by atoms with van der Waals surface area (Å²) < 4.78 is 1.60. The van der Waals surface area contributed by atoms with Gasteiger partial charge in [-0.2, -0.15) is 19.6 Å². The van der Waals surface area contributed by atoms with E-state index in [2.05, 4.69) is 54.9 Å². The largest absolute Gasteiger partial charge is 0.357 e. The molecule has 26 heavy (non-hydrogen) atoms. The van der Waals surface area contributed by atoms with Gasteiger partial charge in [-0.05, 0) is 23.2 Å². The minimum atomic E-state index is 0.484. The first-order valence-electron chi connectivity index (χ1n) is 8.18. The number of rotatable bonds is 5. The van der Waals surface area contributed by atoms with Gasteiger partial charge in [0.2, 0.25) is 11.9 Å². The van der Waals surface area contributed by atoms with Crippen LogP contribution in [0.3, 0.4) is 0 Å². The lowest BCUT2D eigenvalue weighted by Crippen LogP contribution is -2.13. The summed E-state index contributed by atoms with van der Waals surface area (Å²) in [5, 5.41) is 10.5. The van der Waals surface area contributed by atoms with Crippen molar-refractivity contribution in [3.05, 3.63) is 60.4 Å². The Morgan fingerprint density at radius 2 is 1.92 bits per heavy atom. The quantitative estimate of drug-likeness (QED) is 0.537. The van der Waals surface area contributed by atoms with E-state index in [1.165, 1.54) is 0 Å². The Bertz CT molecular complexity index is 1030. The normalized spacial score (nSPS) is 10.8. The van der Waals surface area contributed by atoms with Crippen molar-refractivity contribution in [2.24, 2.45) is 0 Å². The summed E-state index contributed by atoms with van der Waals surface area (Å²) >= 11 is 0. The molecule has 3 heterocycles. The third kappa shape index (κ3) is 3.09. The highest BCUT2D eigenvalue weighted by Crippen LogP contribution is 2.17. The van der Waals surface area contributed by atoms with E-state index in [1.54, 1.807) is 24.0 Å². The van der Waals surface area contributed by atoms with Crippen LogP contribution in [0.15, 0.2) is 54.9 Å². The van der Waals surface area contributed by atoms with E-state index in [0.717, 1.165) is 16.8 Å². The number of benzene rings is 1. The van der Waals surface area contributed by atoms with E-state index in [-0.39, 0.29) is 0 Å². The molecule has 0 saturated carbocycles. The number of aromatic nitrogens is 5. The average Bonchev–Trinajstić information content (AvgIpc) is 3.08. The maximum Gasteiger partial charge on any atom is 0.229 e. The number of nitrogens with zero attached hydrogens (tertiary/aromatic N) is 5. The summed E-state index contributed by atoms with van der Waals surface area (Å²) in [4.78, 5) is 13.1. The molecule has 0 spiro atoms. The molecule has 8 heteroatoms. The van der Waals surface area contributed by atoms with Gasteiger partial charge in [0.25, 0.3) is 0 Å². The van der Waals surface area contributed by atoms with Crippen LogP contribution in [0.1, 0.15) is 5.56 Å². The summed E-state index contributed by atoms with van der Waals surface area (Å²) in [6.07, 6.45) is 3.36. The first-order chi connectivity index (χ1) is 12.7. The maximum atomic E-state index is 5.91. The van der Waals surface area contributed by atoms with Crippen molar-refractivity contribution >= 4 is 30.9 Å². The van der Waals surface area contributed by atoms with E-state index < -0.39 is 0 Å². The Hall–Kier alpha value is -3.42. The number of nitrogens with one attached hydrogen (secondary N) is 2. The van der Waals surface area contributed by atoms with Crippen molar-refractivity contribution in [2.45, 2.75) is 6.54 Å². The van der Waals surface area contributed by atoms with Gasteiger partial charge in [-0.1, -0.05) is 30.3 Å². The number of fused-ring (bicyclic) bond motifs is 1. The van der Waals surface area contributed by atoms with Gasteiger partial charge in [0, 0.05) is 31.5 Å². The van der Waals surface area contributed by atoms with Crippen molar-refractivity contribution in [3.63, 3.8) is 0 Å². The van der Waals surface area contributed by atoms with Gasteiger partial charge in [0.05, 0.1) is 5.69 Å². The van der Waals surface area contributed by atoms with E-state index in [4.69, 9.17) is 7.85 Å². The van der Waals surface area contributed by atoms with Crippen molar-refractivity contribution in [2.75, 3.05) is 17.7 Å². The van der Waals surface area contributed by atoms with Gasteiger partial charge in [0.1, 0.15) is 7.85 Å². The monoisotopic (exact) mass is 341 g/mol. The predicted octanol–water partition coefficient (Wildman–Crippen LogP) is 1.63. The van der Waals surface area contributed by atoms with Gasteiger partial charge in [-0.15, -0.1) is 0 Å². The van der Waals surface area contributed by atoms with Crippen molar-refractivity contribution in [1.82, 2.24) is 24.6 Å². The molecular formula is C18H16BN7. The fourth-order valence-electron chi connectivity index (χ4n) is 2.63. The van der Waals surface area contributed by atoms with Gasteiger partial charge in [0.15, 0.2) is 5.65 Å². The summed E-state index contributed by atoms with van der Waals surface area (Å²) in [5.41, 5.74) is 4.22. The zero-order valence-electron chi connectivity index (χ0n) is 14.2. The smallest absolute Gasteiger partial charge is 0.229 e. The Balaban J connectivity index is 1.55. The molecule has 0 amide bonds. The fourth-order valence-corrected chi connectivity index (χ4v) is 2.63. The second-order valence-electron chi connectivity index (χ2n) is 5.72. The Kier molecular flexibility index (Phi) is 4.22. The highest BCUT2D eigenvalue weighted by atomic mass is 15.4. The molecule has 0 bridgehead atoms. The van der Waals surface area contributed by atoms with E-state index in [1.807, 2.05) is 18.2 Å². The highest BCUT2D eigenvalue weighted by Gasteiger charge is 2.10. The minimum absolute atomic E-state index is 0.484. The van der Waals surface area contributed by atoms with Crippen molar-refractivity contribution < 1.29 is 0 Å². The molecule has 4 aromatic rings. The van der Waals surface area contributed by atoms with E-state index in [9.17, 15) is 0 Å². The molecule has 2 N–H and O–H groups in total. The molecule has 4 rings (SSSR count). The molecule has 0 unspecified atom stereocenters. The zero-order chi connectivity index (χ0) is 17.9. The maximum absolute atomic E-state index is 5.91. The zero-order valence-corrected chi connectivity index (χ0v) is 14.2. The van der Waals surface area contributed by atoms with Crippen molar-refractivity contribution in [3.8, 4) is 11.3 Å². The second-order valence-corrected chi connectivity index (χ2v) is 5.72. The Morgan fingerprint density at radius 1 is 1.08 bits per heavy atom. The van der Waals surface area contributed by atoms with Crippen LogP contribution in [0, 0.1) is 0 Å². The van der Waals surface area contributed by atoms with Gasteiger partial charge >= 0.3 is 0 Å². The number of anilines is 2. The van der Waals surface area contributed by atoms with Crippen LogP contribution in [-0.4, -0.2) is 39.5 Å². The third-order valence-corrected chi connectivity index (χ3v) is 3.98. The third-order valence-electron chi connectivity index (χ3n) is 3.98. The van der Waals surface area contributed by atoms with Crippen molar-refractivity contribution in [1.29, 1.82) is 0 Å². The number of hydrogen-bond acceptors (Lipinski definition) is 6. The Labute approximate surface area is 151 Å².